The highest BCUT2D eigenvalue weighted by atomic mass is 32.2. The van der Waals surface area contributed by atoms with Gasteiger partial charge in [-0.2, -0.15) is 0 Å². The number of amides is 1. The van der Waals surface area contributed by atoms with E-state index in [0.717, 1.165) is 28.5 Å². The number of sulfonamides is 1. The molecule has 0 saturated carbocycles. The molecule has 0 aromatic heterocycles. The van der Waals surface area contributed by atoms with Crippen LogP contribution in [-0.2, 0) is 14.8 Å². The normalized spacial score (nSPS) is 13.6. The fraction of sp³-hybridized carbons (Fsp3) is 0.409. The third-order valence-corrected chi connectivity index (χ3v) is 5.91. The average Bonchev–Trinajstić information content (AvgIpc) is 2.57. The third-order valence-electron chi connectivity index (χ3n) is 4.73. The van der Waals surface area contributed by atoms with E-state index in [1.54, 1.807) is 12.1 Å². The van der Waals surface area contributed by atoms with E-state index in [1.807, 2.05) is 65.0 Å². The summed E-state index contributed by atoms with van der Waals surface area (Å²) in [6, 6.07) is 12.5. The van der Waals surface area contributed by atoms with Crippen molar-refractivity contribution in [1.82, 2.24) is 5.32 Å². The lowest BCUT2D eigenvalue weighted by atomic mass is 10.1. The largest absolute Gasteiger partial charge is 0.348 e. The van der Waals surface area contributed by atoms with Crippen LogP contribution in [0.1, 0.15) is 48.6 Å². The lowest BCUT2D eigenvalue weighted by Gasteiger charge is -2.31. The zero-order valence-electron chi connectivity index (χ0n) is 17.5. The molecule has 0 spiro atoms. The first-order chi connectivity index (χ1) is 13.0. The Morgan fingerprint density at radius 3 is 2.00 bits per heavy atom. The fourth-order valence-corrected chi connectivity index (χ4v) is 4.58. The van der Waals surface area contributed by atoms with Gasteiger partial charge >= 0.3 is 0 Å². The monoisotopic (exact) mass is 402 g/mol. The molecule has 0 unspecified atom stereocenters. The Morgan fingerprint density at radius 2 is 1.54 bits per heavy atom. The molecule has 2 rings (SSSR count). The van der Waals surface area contributed by atoms with Gasteiger partial charge in [-0.15, -0.1) is 0 Å². The molecule has 28 heavy (non-hydrogen) atoms. The number of nitrogens with zero attached hydrogens (tertiary/aromatic N) is 1. The average molecular weight is 403 g/mol. The third kappa shape index (κ3) is 5.35. The molecule has 2 aromatic rings. The molecule has 0 radical (unpaired) electrons. The van der Waals surface area contributed by atoms with Crippen LogP contribution in [0.15, 0.2) is 42.5 Å². The summed E-state index contributed by atoms with van der Waals surface area (Å²) in [4.78, 5) is 13.0. The molecule has 0 bridgehead atoms. The molecular formula is C22H30N2O3S. The van der Waals surface area contributed by atoms with Gasteiger partial charge in [0.1, 0.15) is 6.04 Å². The van der Waals surface area contributed by atoms with Crippen molar-refractivity contribution < 1.29 is 13.2 Å². The maximum atomic E-state index is 13.0. The number of rotatable bonds is 7. The van der Waals surface area contributed by atoms with Crippen molar-refractivity contribution in [2.75, 3.05) is 10.6 Å². The molecule has 0 saturated heterocycles. The molecule has 0 aliphatic carbocycles. The van der Waals surface area contributed by atoms with Crippen LogP contribution < -0.4 is 9.62 Å². The summed E-state index contributed by atoms with van der Waals surface area (Å²) in [5.41, 5.74) is 4.54. The summed E-state index contributed by atoms with van der Waals surface area (Å²) in [7, 11) is -3.64. The van der Waals surface area contributed by atoms with Crippen LogP contribution in [0.5, 0.6) is 0 Å². The van der Waals surface area contributed by atoms with Crippen LogP contribution >= 0.6 is 0 Å². The van der Waals surface area contributed by atoms with E-state index in [4.69, 9.17) is 0 Å². The van der Waals surface area contributed by atoms with Crippen molar-refractivity contribution in [2.45, 2.75) is 53.1 Å². The van der Waals surface area contributed by atoms with E-state index in [0.29, 0.717) is 12.1 Å². The maximum absolute atomic E-state index is 13.0. The molecule has 2 atom stereocenters. The molecule has 1 N–H and O–H groups in total. The number of benzene rings is 2. The number of carbonyl (C=O) groups is 1. The highest BCUT2D eigenvalue weighted by Crippen LogP contribution is 2.25. The summed E-state index contributed by atoms with van der Waals surface area (Å²) in [5.74, 6) is -0.305. The molecule has 0 fully saturated rings. The first-order valence-electron chi connectivity index (χ1n) is 9.47. The summed E-state index contributed by atoms with van der Waals surface area (Å²) in [6.07, 6.45) is 1.51. The Balaban J connectivity index is 2.34. The quantitative estimate of drug-likeness (QED) is 0.760. The van der Waals surface area contributed by atoms with Crippen molar-refractivity contribution in [1.29, 1.82) is 0 Å². The van der Waals surface area contributed by atoms with Crippen molar-refractivity contribution >= 4 is 21.6 Å². The molecule has 0 aliphatic rings. The summed E-state index contributed by atoms with van der Waals surface area (Å²) >= 11 is 0. The Hall–Kier alpha value is -2.34. The Labute approximate surface area is 168 Å². The summed E-state index contributed by atoms with van der Waals surface area (Å²) in [6.45, 7) is 9.56. The van der Waals surface area contributed by atoms with E-state index in [-0.39, 0.29) is 11.9 Å². The SMILES string of the molecule is CC[C@@H](C(=O)N[C@H](C)c1ccc(C)cc1)N(c1cc(C)cc(C)c1)S(C)(=O)=O. The first kappa shape index (κ1) is 22.0. The van der Waals surface area contributed by atoms with E-state index >= 15 is 0 Å². The van der Waals surface area contributed by atoms with Gasteiger partial charge in [0, 0.05) is 0 Å². The summed E-state index contributed by atoms with van der Waals surface area (Å²) < 4.78 is 26.4. The minimum absolute atomic E-state index is 0.220. The predicted molar refractivity (Wildman–Crippen MR) is 115 cm³/mol. The van der Waals surface area contributed by atoms with Gasteiger partial charge in [0.25, 0.3) is 0 Å². The van der Waals surface area contributed by atoms with Gasteiger partial charge in [-0.1, -0.05) is 42.8 Å². The Morgan fingerprint density at radius 1 is 1.00 bits per heavy atom. The van der Waals surface area contributed by atoms with Crippen LogP contribution in [0.25, 0.3) is 0 Å². The van der Waals surface area contributed by atoms with Crippen LogP contribution in [0.4, 0.5) is 5.69 Å². The topological polar surface area (TPSA) is 66.5 Å². The van der Waals surface area contributed by atoms with E-state index in [2.05, 4.69) is 5.32 Å². The maximum Gasteiger partial charge on any atom is 0.244 e. The van der Waals surface area contributed by atoms with Gasteiger partial charge in [0.15, 0.2) is 0 Å². The van der Waals surface area contributed by atoms with Gasteiger partial charge in [0.2, 0.25) is 15.9 Å². The van der Waals surface area contributed by atoms with Crippen LogP contribution in [-0.4, -0.2) is 26.6 Å². The van der Waals surface area contributed by atoms with E-state index < -0.39 is 16.1 Å². The summed E-state index contributed by atoms with van der Waals surface area (Å²) in [5, 5.41) is 2.97. The lowest BCUT2D eigenvalue weighted by molar-refractivity contribution is -0.122. The van der Waals surface area contributed by atoms with Crippen LogP contribution in [0.3, 0.4) is 0 Å². The number of aryl methyl sites for hydroxylation is 3. The second-order valence-corrected chi connectivity index (χ2v) is 9.33. The predicted octanol–water partition coefficient (Wildman–Crippen LogP) is 4.03. The number of nitrogens with one attached hydrogen (secondary N) is 1. The van der Waals surface area contributed by atoms with Crippen molar-refractivity contribution in [2.24, 2.45) is 0 Å². The van der Waals surface area contributed by atoms with Crippen molar-refractivity contribution in [3.63, 3.8) is 0 Å². The fourth-order valence-electron chi connectivity index (χ4n) is 3.39. The van der Waals surface area contributed by atoms with E-state index in [9.17, 15) is 13.2 Å². The van der Waals surface area contributed by atoms with Gasteiger partial charge in [-0.3, -0.25) is 9.10 Å². The van der Waals surface area contributed by atoms with Crippen LogP contribution in [0.2, 0.25) is 0 Å². The highest BCUT2D eigenvalue weighted by Gasteiger charge is 2.32. The molecule has 152 valence electrons. The van der Waals surface area contributed by atoms with Gasteiger partial charge < -0.3 is 5.32 Å². The molecule has 1 amide bonds. The minimum atomic E-state index is -3.64. The van der Waals surface area contributed by atoms with Crippen LogP contribution in [0, 0.1) is 20.8 Å². The zero-order chi connectivity index (χ0) is 21.1. The van der Waals surface area contributed by atoms with Gasteiger partial charge in [0.05, 0.1) is 18.0 Å². The highest BCUT2D eigenvalue weighted by molar-refractivity contribution is 7.92. The molecular weight excluding hydrogens is 372 g/mol. The molecule has 2 aromatic carbocycles. The Kier molecular flexibility index (Phi) is 6.88. The van der Waals surface area contributed by atoms with Gasteiger partial charge in [-0.25, -0.2) is 8.42 Å². The second kappa shape index (κ2) is 8.78. The molecule has 6 heteroatoms. The zero-order valence-corrected chi connectivity index (χ0v) is 18.3. The molecule has 0 aliphatic heterocycles. The van der Waals surface area contributed by atoms with E-state index in [1.165, 1.54) is 4.31 Å². The number of anilines is 1. The number of carbonyl (C=O) groups excluding carboxylic acids is 1. The lowest BCUT2D eigenvalue weighted by Crippen LogP contribution is -2.49. The Bertz CT molecular complexity index is 917. The van der Waals surface area contributed by atoms with Gasteiger partial charge in [-0.05, 0) is 62.9 Å². The second-order valence-electron chi connectivity index (χ2n) is 7.47. The standard InChI is InChI=1S/C22H30N2O3S/c1-7-21(22(25)23-18(5)19-10-8-15(2)9-11-19)24(28(6,26)27)20-13-16(3)12-17(4)14-20/h8-14,18,21H,7H2,1-6H3,(H,23,25)/t18-,21+/m1/s1. The number of hydrogen-bond acceptors (Lipinski definition) is 3. The van der Waals surface area contributed by atoms with Crippen molar-refractivity contribution in [3.05, 3.63) is 64.7 Å². The first-order valence-corrected chi connectivity index (χ1v) is 11.3. The number of hydrogen-bond donors (Lipinski definition) is 1. The smallest absolute Gasteiger partial charge is 0.244 e. The molecule has 5 nitrogen and oxygen atoms in total. The van der Waals surface area contributed by atoms with Crippen molar-refractivity contribution in [3.8, 4) is 0 Å². The minimum Gasteiger partial charge on any atom is -0.348 e. The molecule has 0 heterocycles.